The highest BCUT2D eigenvalue weighted by molar-refractivity contribution is 7.92. The summed E-state index contributed by atoms with van der Waals surface area (Å²) in [5.74, 6) is 0.307. The third-order valence-electron chi connectivity index (χ3n) is 3.50. The average molecular weight is 321 g/mol. The summed E-state index contributed by atoms with van der Waals surface area (Å²) >= 11 is 0. The van der Waals surface area contributed by atoms with E-state index in [1.807, 2.05) is 19.1 Å². The van der Waals surface area contributed by atoms with E-state index in [-0.39, 0.29) is 4.90 Å². The van der Waals surface area contributed by atoms with Crippen molar-refractivity contribution in [2.24, 2.45) is 0 Å². The lowest BCUT2D eigenvalue weighted by Gasteiger charge is -2.06. The number of aryl methyl sites for hydroxylation is 2. The van der Waals surface area contributed by atoms with E-state index in [9.17, 15) is 8.42 Å². The van der Waals surface area contributed by atoms with E-state index in [1.165, 1.54) is 24.8 Å². The maximum Gasteiger partial charge on any atom is 0.263 e. The molecule has 2 N–H and O–H groups in total. The van der Waals surface area contributed by atoms with Crippen molar-refractivity contribution in [3.05, 3.63) is 41.6 Å². The van der Waals surface area contributed by atoms with Crippen molar-refractivity contribution in [2.75, 3.05) is 4.72 Å². The Hall–Kier alpha value is -1.82. The lowest BCUT2D eigenvalue weighted by atomic mass is 10.1. The number of rotatable bonds is 8. The van der Waals surface area contributed by atoms with Crippen LogP contribution in [0, 0.1) is 6.92 Å². The Kier molecular flexibility index (Phi) is 5.60. The molecule has 0 atom stereocenters. The van der Waals surface area contributed by atoms with Gasteiger partial charge >= 0.3 is 0 Å². The minimum atomic E-state index is -3.58. The highest BCUT2D eigenvalue weighted by atomic mass is 32.2. The molecule has 0 aliphatic rings. The van der Waals surface area contributed by atoms with Crippen LogP contribution in [0.1, 0.15) is 43.9 Å². The molecule has 0 spiro atoms. The molecule has 6 heteroatoms. The number of nitrogens with one attached hydrogen (secondary N) is 2. The predicted octanol–water partition coefficient (Wildman–Crippen LogP) is 3.64. The molecule has 0 saturated carbocycles. The molecule has 0 unspecified atom stereocenters. The second-order valence-corrected chi connectivity index (χ2v) is 7.18. The third kappa shape index (κ3) is 4.59. The number of hydrogen-bond acceptors (Lipinski definition) is 3. The van der Waals surface area contributed by atoms with Gasteiger partial charge in [0.05, 0.1) is 4.90 Å². The van der Waals surface area contributed by atoms with Crippen molar-refractivity contribution in [1.82, 2.24) is 10.2 Å². The van der Waals surface area contributed by atoms with Gasteiger partial charge in [0, 0.05) is 11.8 Å². The Morgan fingerprint density at radius 1 is 1.14 bits per heavy atom. The normalized spacial score (nSPS) is 11.5. The largest absolute Gasteiger partial charge is 0.281 e. The molecule has 0 radical (unpaired) electrons. The van der Waals surface area contributed by atoms with E-state index in [4.69, 9.17) is 0 Å². The van der Waals surface area contributed by atoms with Crippen LogP contribution < -0.4 is 4.72 Å². The molecule has 0 amide bonds. The van der Waals surface area contributed by atoms with Crippen molar-refractivity contribution < 1.29 is 8.42 Å². The van der Waals surface area contributed by atoms with Crippen LogP contribution in [-0.2, 0) is 16.4 Å². The highest BCUT2D eigenvalue weighted by Crippen LogP contribution is 2.16. The zero-order chi connectivity index (χ0) is 16.0. The van der Waals surface area contributed by atoms with Crippen LogP contribution >= 0.6 is 0 Å². The van der Waals surface area contributed by atoms with Gasteiger partial charge in [-0.05, 0) is 37.5 Å². The average Bonchev–Trinajstić information content (AvgIpc) is 2.88. The first kappa shape index (κ1) is 16.5. The van der Waals surface area contributed by atoms with Gasteiger partial charge in [-0.15, -0.1) is 0 Å². The minimum Gasteiger partial charge on any atom is -0.281 e. The van der Waals surface area contributed by atoms with Gasteiger partial charge in [-0.3, -0.25) is 9.82 Å². The summed E-state index contributed by atoms with van der Waals surface area (Å²) in [5, 5.41) is 6.59. The Balaban J connectivity index is 1.99. The van der Waals surface area contributed by atoms with Crippen LogP contribution in [-0.4, -0.2) is 18.6 Å². The Morgan fingerprint density at radius 3 is 2.45 bits per heavy atom. The SMILES string of the molecule is CCCCCCc1ccc(S(=O)(=O)Nc2cc(C)[nH]n2)cc1. The fourth-order valence-corrected chi connectivity index (χ4v) is 3.25. The van der Waals surface area contributed by atoms with Gasteiger partial charge < -0.3 is 0 Å². The molecule has 2 rings (SSSR count). The van der Waals surface area contributed by atoms with E-state index in [0.29, 0.717) is 5.82 Å². The molecule has 0 aliphatic heterocycles. The molecule has 1 aromatic heterocycles. The van der Waals surface area contributed by atoms with E-state index in [2.05, 4.69) is 21.8 Å². The van der Waals surface area contributed by atoms with Gasteiger partial charge in [0.15, 0.2) is 5.82 Å². The molecule has 0 saturated heterocycles. The van der Waals surface area contributed by atoms with Gasteiger partial charge in [0.2, 0.25) is 0 Å². The standard InChI is InChI=1S/C16H23N3O2S/c1-3-4-5-6-7-14-8-10-15(11-9-14)22(20,21)19-16-12-13(2)17-18-16/h8-12H,3-7H2,1-2H3,(H2,17,18,19). The minimum absolute atomic E-state index is 0.255. The first-order valence-corrected chi connectivity index (χ1v) is 9.13. The predicted molar refractivity (Wildman–Crippen MR) is 88.4 cm³/mol. The summed E-state index contributed by atoms with van der Waals surface area (Å²) in [5.41, 5.74) is 1.98. The molecule has 0 fully saturated rings. The van der Waals surface area contributed by atoms with Gasteiger partial charge in [0.25, 0.3) is 10.0 Å². The Bertz CT molecular complexity index is 690. The maximum atomic E-state index is 12.3. The van der Waals surface area contributed by atoms with Crippen LogP contribution in [0.2, 0.25) is 0 Å². The summed E-state index contributed by atoms with van der Waals surface area (Å²) < 4.78 is 27.0. The maximum absolute atomic E-state index is 12.3. The van der Waals surface area contributed by atoms with Gasteiger partial charge in [-0.2, -0.15) is 5.10 Å². The van der Waals surface area contributed by atoms with Crippen molar-refractivity contribution in [3.8, 4) is 0 Å². The van der Waals surface area contributed by atoms with Crippen LogP contribution in [0.4, 0.5) is 5.82 Å². The molecular formula is C16H23N3O2S. The van der Waals surface area contributed by atoms with Crippen LogP contribution in [0.15, 0.2) is 35.2 Å². The molecule has 0 aliphatic carbocycles. The zero-order valence-electron chi connectivity index (χ0n) is 13.1. The Labute approximate surface area is 132 Å². The molecule has 1 heterocycles. The first-order valence-electron chi connectivity index (χ1n) is 7.65. The van der Waals surface area contributed by atoms with Gasteiger partial charge in [0.1, 0.15) is 0 Å². The third-order valence-corrected chi connectivity index (χ3v) is 4.87. The summed E-state index contributed by atoms with van der Waals surface area (Å²) in [4.78, 5) is 0.255. The number of sulfonamides is 1. The van der Waals surface area contributed by atoms with Crippen LogP contribution in [0.25, 0.3) is 0 Å². The summed E-state index contributed by atoms with van der Waals surface area (Å²) in [6.45, 7) is 4.01. The quantitative estimate of drug-likeness (QED) is 0.729. The number of benzene rings is 1. The second-order valence-electron chi connectivity index (χ2n) is 5.50. The molecule has 5 nitrogen and oxygen atoms in total. The number of anilines is 1. The molecule has 0 bridgehead atoms. The van der Waals surface area contributed by atoms with E-state index in [0.717, 1.165) is 18.5 Å². The number of H-pyrrole nitrogens is 1. The summed E-state index contributed by atoms with van der Waals surface area (Å²) in [6.07, 6.45) is 5.82. The number of nitrogens with zero attached hydrogens (tertiary/aromatic N) is 1. The number of aromatic nitrogens is 2. The van der Waals surface area contributed by atoms with Crippen LogP contribution in [0.3, 0.4) is 0 Å². The zero-order valence-corrected chi connectivity index (χ0v) is 13.9. The summed E-state index contributed by atoms with van der Waals surface area (Å²) in [6, 6.07) is 8.72. The van der Waals surface area contributed by atoms with E-state index >= 15 is 0 Å². The van der Waals surface area contributed by atoms with Crippen molar-refractivity contribution >= 4 is 15.8 Å². The monoisotopic (exact) mass is 321 g/mol. The topological polar surface area (TPSA) is 74.8 Å². The van der Waals surface area contributed by atoms with Crippen molar-refractivity contribution in [1.29, 1.82) is 0 Å². The number of aromatic amines is 1. The van der Waals surface area contributed by atoms with E-state index in [1.54, 1.807) is 18.2 Å². The number of hydrogen-bond donors (Lipinski definition) is 2. The lowest BCUT2D eigenvalue weighted by molar-refractivity contribution is 0.601. The van der Waals surface area contributed by atoms with Crippen molar-refractivity contribution in [2.45, 2.75) is 50.8 Å². The number of unbranched alkanes of at least 4 members (excludes halogenated alkanes) is 3. The summed E-state index contributed by atoms with van der Waals surface area (Å²) in [7, 11) is -3.58. The fraction of sp³-hybridized carbons (Fsp3) is 0.438. The van der Waals surface area contributed by atoms with Crippen molar-refractivity contribution in [3.63, 3.8) is 0 Å². The highest BCUT2D eigenvalue weighted by Gasteiger charge is 2.15. The smallest absolute Gasteiger partial charge is 0.263 e. The van der Waals surface area contributed by atoms with Crippen LogP contribution in [0.5, 0.6) is 0 Å². The molecule has 2 aromatic rings. The first-order chi connectivity index (χ1) is 10.5. The van der Waals surface area contributed by atoms with Gasteiger partial charge in [-0.25, -0.2) is 8.42 Å². The molecule has 22 heavy (non-hydrogen) atoms. The molecule has 1 aromatic carbocycles. The lowest BCUT2D eigenvalue weighted by Crippen LogP contribution is -2.13. The van der Waals surface area contributed by atoms with Gasteiger partial charge in [-0.1, -0.05) is 38.3 Å². The fourth-order valence-electron chi connectivity index (χ4n) is 2.26. The van der Waals surface area contributed by atoms with E-state index < -0.39 is 10.0 Å². The Morgan fingerprint density at radius 2 is 1.86 bits per heavy atom. The molecule has 120 valence electrons. The second kappa shape index (κ2) is 7.45. The molecular weight excluding hydrogens is 298 g/mol.